The Labute approximate surface area is 206 Å². The molecule has 0 aliphatic carbocycles. The molecule has 0 spiro atoms. The third kappa shape index (κ3) is 4.91. The molecule has 1 fully saturated rings. The van der Waals surface area contributed by atoms with E-state index in [4.69, 9.17) is 0 Å². The van der Waals surface area contributed by atoms with Crippen molar-refractivity contribution in [1.29, 1.82) is 0 Å². The summed E-state index contributed by atoms with van der Waals surface area (Å²) in [6.07, 6.45) is 7.49. The molecule has 2 aliphatic heterocycles. The number of thioether (sulfide) groups is 1. The standard InChI is InChI=1S/C29H31N3OS/c1-34-28-12-5-3-9-25(28)22-30-17-7-18-31(21-20-30)29(33)24-13-15-26(16-14-24)32-19-6-10-23-8-2-4-11-27(23)32/h2-6,8-16H,7,17-22H2,1H3. The highest BCUT2D eigenvalue weighted by molar-refractivity contribution is 7.98. The Balaban J connectivity index is 1.23. The zero-order valence-electron chi connectivity index (χ0n) is 19.7. The number of hydrogen-bond donors (Lipinski definition) is 0. The largest absolute Gasteiger partial charge is 0.337 e. The molecule has 3 aromatic carbocycles. The molecule has 0 unspecified atom stereocenters. The first-order chi connectivity index (χ1) is 16.7. The monoisotopic (exact) mass is 469 g/mol. The Morgan fingerprint density at radius 3 is 2.53 bits per heavy atom. The number of para-hydroxylation sites is 1. The molecule has 0 aromatic heterocycles. The lowest BCUT2D eigenvalue weighted by Gasteiger charge is -2.28. The van der Waals surface area contributed by atoms with Crippen molar-refractivity contribution >= 4 is 35.1 Å². The van der Waals surface area contributed by atoms with Crippen LogP contribution in [0.25, 0.3) is 6.08 Å². The van der Waals surface area contributed by atoms with Crippen LogP contribution in [0.4, 0.5) is 11.4 Å². The second-order valence-electron chi connectivity index (χ2n) is 8.85. The third-order valence-corrected chi connectivity index (χ3v) is 7.54. The molecule has 5 heteroatoms. The van der Waals surface area contributed by atoms with Gasteiger partial charge in [0.1, 0.15) is 0 Å². The van der Waals surface area contributed by atoms with Gasteiger partial charge in [-0.1, -0.05) is 48.6 Å². The number of carbonyl (C=O) groups is 1. The number of benzene rings is 3. The van der Waals surface area contributed by atoms with Crippen LogP contribution in [0.3, 0.4) is 0 Å². The zero-order valence-corrected chi connectivity index (χ0v) is 20.5. The summed E-state index contributed by atoms with van der Waals surface area (Å²) in [5.74, 6) is 0.136. The van der Waals surface area contributed by atoms with Gasteiger partial charge in [-0.05, 0) is 60.2 Å². The summed E-state index contributed by atoms with van der Waals surface area (Å²) in [5.41, 5.74) is 5.69. The first-order valence-corrected chi connectivity index (χ1v) is 13.2. The highest BCUT2D eigenvalue weighted by Crippen LogP contribution is 2.32. The third-order valence-electron chi connectivity index (χ3n) is 6.70. The second-order valence-corrected chi connectivity index (χ2v) is 9.70. The number of hydrogen-bond acceptors (Lipinski definition) is 4. The van der Waals surface area contributed by atoms with Crippen molar-refractivity contribution in [3.63, 3.8) is 0 Å². The minimum atomic E-state index is 0.136. The van der Waals surface area contributed by atoms with Crippen molar-refractivity contribution in [2.45, 2.75) is 17.9 Å². The van der Waals surface area contributed by atoms with Crippen molar-refractivity contribution in [2.75, 3.05) is 43.9 Å². The fourth-order valence-electron chi connectivity index (χ4n) is 4.88. The molecule has 5 rings (SSSR count). The summed E-state index contributed by atoms with van der Waals surface area (Å²) in [5, 5.41) is 0. The minimum Gasteiger partial charge on any atom is -0.337 e. The Kier molecular flexibility index (Phi) is 7.02. The lowest BCUT2D eigenvalue weighted by atomic mass is 10.1. The molecule has 4 nitrogen and oxygen atoms in total. The van der Waals surface area contributed by atoms with Gasteiger partial charge in [0, 0.05) is 61.1 Å². The second kappa shape index (κ2) is 10.5. The smallest absolute Gasteiger partial charge is 0.253 e. The molecule has 2 heterocycles. The van der Waals surface area contributed by atoms with E-state index in [1.807, 2.05) is 17.0 Å². The number of carbonyl (C=O) groups excluding carboxylic acids is 1. The van der Waals surface area contributed by atoms with E-state index in [9.17, 15) is 4.79 Å². The van der Waals surface area contributed by atoms with Gasteiger partial charge in [0.15, 0.2) is 0 Å². The van der Waals surface area contributed by atoms with Crippen molar-refractivity contribution < 1.29 is 4.79 Å². The molecule has 2 aliphatic rings. The van der Waals surface area contributed by atoms with Crippen LogP contribution in [0, 0.1) is 0 Å². The fraction of sp³-hybridized carbons (Fsp3) is 0.276. The van der Waals surface area contributed by atoms with Crippen LogP contribution >= 0.6 is 11.8 Å². The van der Waals surface area contributed by atoms with Gasteiger partial charge in [0.2, 0.25) is 0 Å². The molecule has 1 amide bonds. The van der Waals surface area contributed by atoms with E-state index in [0.29, 0.717) is 0 Å². The topological polar surface area (TPSA) is 26.8 Å². The van der Waals surface area contributed by atoms with Gasteiger partial charge >= 0.3 is 0 Å². The fourth-order valence-corrected chi connectivity index (χ4v) is 5.48. The molecule has 0 bridgehead atoms. The molecule has 3 aromatic rings. The van der Waals surface area contributed by atoms with E-state index >= 15 is 0 Å². The highest BCUT2D eigenvalue weighted by atomic mass is 32.2. The number of nitrogens with zero attached hydrogens (tertiary/aromatic N) is 3. The molecule has 174 valence electrons. The summed E-state index contributed by atoms with van der Waals surface area (Å²) in [4.78, 5) is 21.4. The number of rotatable bonds is 5. The van der Waals surface area contributed by atoms with Gasteiger partial charge < -0.3 is 9.80 Å². The van der Waals surface area contributed by atoms with E-state index < -0.39 is 0 Å². The van der Waals surface area contributed by atoms with Gasteiger partial charge in [0.25, 0.3) is 5.91 Å². The maximum Gasteiger partial charge on any atom is 0.253 e. The maximum absolute atomic E-state index is 13.3. The van der Waals surface area contributed by atoms with E-state index in [-0.39, 0.29) is 5.91 Å². The number of anilines is 2. The Morgan fingerprint density at radius 1 is 0.882 bits per heavy atom. The quantitative estimate of drug-likeness (QED) is 0.433. The lowest BCUT2D eigenvalue weighted by molar-refractivity contribution is 0.0761. The highest BCUT2D eigenvalue weighted by Gasteiger charge is 2.21. The molecule has 34 heavy (non-hydrogen) atoms. The first kappa shape index (κ1) is 22.8. The average molecular weight is 470 g/mol. The van der Waals surface area contributed by atoms with Crippen molar-refractivity contribution in [3.8, 4) is 0 Å². The van der Waals surface area contributed by atoms with Gasteiger partial charge in [-0.3, -0.25) is 9.69 Å². The Bertz CT molecular complexity index is 1170. The van der Waals surface area contributed by atoms with Crippen LogP contribution in [0.5, 0.6) is 0 Å². The predicted octanol–water partition coefficient (Wildman–Crippen LogP) is 5.92. The van der Waals surface area contributed by atoms with E-state index in [1.165, 1.54) is 21.7 Å². The predicted molar refractivity (Wildman–Crippen MR) is 143 cm³/mol. The Hall–Kier alpha value is -3.02. The van der Waals surface area contributed by atoms with Crippen LogP contribution in [-0.4, -0.2) is 54.7 Å². The summed E-state index contributed by atoms with van der Waals surface area (Å²) < 4.78 is 0. The SMILES string of the molecule is CSc1ccccc1CN1CCCN(C(=O)c2ccc(N3CC=Cc4ccccc43)cc2)CC1. The molecular formula is C29H31N3OS. The molecule has 0 N–H and O–H groups in total. The van der Waals surface area contributed by atoms with Crippen LogP contribution in [-0.2, 0) is 6.54 Å². The number of amides is 1. The van der Waals surface area contributed by atoms with Crippen LogP contribution in [0.15, 0.2) is 83.8 Å². The molecule has 1 saturated heterocycles. The molecule has 0 saturated carbocycles. The summed E-state index contributed by atoms with van der Waals surface area (Å²) >= 11 is 1.80. The summed E-state index contributed by atoms with van der Waals surface area (Å²) in [7, 11) is 0. The zero-order chi connectivity index (χ0) is 23.3. The average Bonchev–Trinajstić information content (AvgIpc) is 3.14. The number of fused-ring (bicyclic) bond motifs is 1. The van der Waals surface area contributed by atoms with Gasteiger partial charge in [-0.25, -0.2) is 0 Å². The first-order valence-electron chi connectivity index (χ1n) is 12.0. The normalized spacial score (nSPS) is 16.3. The Morgan fingerprint density at radius 2 is 1.68 bits per heavy atom. The molecule has 0 radical (unpaired) electrons. The van der Waals surface area contributed by atoms with Crippen LogP contribution in [0.2, 0.25) is 0 Å². The van der Waals surface area contributed by atoms with Gasteiger partial charge in [0.05, 0.1) is 0 Å². The maximum atomic E-state index is 13.3. The molecule has 0 atom stereocenters. The van der Waals surface area contributed by atoms with Crippen molar-refractivity contribution in [1.82, 2.24) is 9.80 Å². The minimum absolute atomic E-state index is 0.136. The van der Waals surface area contributed by atoms with Gasteiger partial charge in [-0.2, -0.15) is 0 Å². The lowest BCUT2D eigenvalue weighted by Crippen LogP contribution is -2.35. The van der Waals surface area contributed by atoms with Crippen molar-refractivity contribution in [2.24, 2.45) is 0 Å². The van der Waals surface area contributed by atoms with Gasteiger partial charge in [-0.15, -0.1) is 11.8 Å². The van der Waals surface area contributed by atoms with Crippen molar-refractivity contribution in [3.05, 3.63) is 95.6 Å². The van der Waals surface area contributed by atoms with E-state index in [1.54, 1.807) is 11.8 Å². The van der Waals surface area contributed by atoms with Crippen LogP contribution in [0.1, 0.15) is 27.9 Å². The summed E-state index contributed by atoms with van der Waals surface area (Å²) in [6, 6.07) is 25.2. The molecular weight excluding hydrogens is 438 g/mol. The van der Waals surface area contributed by atoms with Crippen LogP contribution < -0.4 is 4.90 Å². The summed E-state index contributed by atoms with van der Waals surface area (Å²) in [6.45, 7) is 5.29. The van der Waals surface area contributed by atoms with E-state index in [0.717, 1.165) is 56.9 Å². The van der Waals surface area contributed by atoms with E-state index in [2.05, 4.69) is 88.9 Å².